The molecule has 1 saturated heterocycles. The summed E-state index contributed by atoms with van der Waals surface area (Å²) in [7, 11) is 1.51. The fraction of sp³-hybridized carbons (Fsp3) is 0.231. The van der Waals surface area contributed by atoms with Crippen LogP contribution in [0.2, 0.25) is 0 Å². The van der Waals surface area contributed by atoms with Gasteiger partial charge in [-0.05, 0) is 28.6 Å². The van der Waals surface area contributed by atoms with E-state index in [0.29, 0.717) is 0 Å². The van der Waals surface area contributed by atoms with Gasteiger partial charge in [0.25, 0.3) is 11.8 Å². The molecule has 2 aromatic heterocycles. The molecule has 1 aromatic carbocycles. The summed E-state index contributed by atoms with van der Waals surface area (Å²) in [4.78, 5) is 85.6. The summed E-state index contributed by atoms with van der Waals surface area (Å²) < 4.78 is 11.3. The number of carboxylic acid groups (broad SMARTS) is 1. The van der Waals surface area contributed by atoms with Crippen LogP contribution >= 0.6 is 35.3 Å². The number of hydrogen-bond donors (Lipinski definition) is 3. The minimum absolute atomic E-state index is 0.0317. The number of carboxylic acids is 1. The van der Waals surface area contributed by atoms with E-state index in [4.69, 9.17) is 32.3 Å². The van der Waals surface area contributed by atoms with Gasteiger partial charge in [0.1, 0.15) is 16.8 Å². The number of amides is 2. The van der Waals surface area contributed by atoms with Crippen molar-refractivity contribution in [1.29, 1.82) is 0 Å². The summed E-state index contributed by atoms with van der Waals surface area (Å²) in [5.41, 5.74) is 2.72. The summed E-state index contributed by atoms with van der Waals surface area (Å²) in [5, 5.41) is 28.7. The molecule has 1 unspecified atom stereocenters. The monoisotopic (exact) mass is 715 g/mol. The van der Waals surface area contributed by atoms with E-state index in [1.807, 2.05) is 0 Å². The second-order valence-electron chi connectivity index (χ2n) is 9.78. The molecule has 3 aromatic rings. The molecule has 19 nitrogen and oxygen atoms in total. The fourth-order valence-electron chi connectivity index (χ4n) is 4.59. The largest absolute Gasteiger partial charge is 0.477 e. The van der Waals surface area contributed by atoms with Crippen LogP contribution in [0, 0.1) is 0 Å². The first-order chi connectivity index (χ1) is 22.8. The number of aryl methyl sites for hydroxylation is 1. The molecule has 4 N–H and O–H groups in total. The number of carbonyl (C=O) groups excluding carboxylic acids is 5. The quantitative estimate of drug-likeness (QED) is 0.0472. The third-order valence-corrected chi connectivity index (χ3v) is 8.99. The Hall–Kier alpha value is -5.61. The number of nitrogens with one attached hydrogen (secondary N) is 1. The lowest BCUT2D eigenvalue weighted by Crippen LogP contribution is -2.80. The van der Waals surface area contributed by atoms with Crippen molar-refractivity contribution >= 4 is 92.8 Å². The van der Waals surface area contributed by atoms with Gasteiger partial charge in [0.15, 0.2) is 33.7 Å². The Kier molecular flexibility index (Phi) is 9.31. The number of esters is 2. The highest BCUT2D eigenvalue weighted by Gasteiger charge is 2.65. The van der Waals surface area contributed by atoms with Gasteiger partial charge in [0, 0.05) is 43.0 Å². The van der Waals surface area contributed by atoms with Crippen LogP contribution in [0.3, 0.4) is 0 Å². The summed E-state index contributed by atoms with van der Waals surface area (Å²) in [6.07, 6.45) is 0. The minimum atomic E-state index is -1.89. The summed E-state index contributed by atoms with van der Waals surface area (Å²) in [6.45, 7) is 2.22. The Morgan fingerprint density at radius 3 is 2.48 bits per heavy atom. The maximum absolute atomic E-state index is 13.7. The number of nitrogens with two attached hydrogens (primary N) is 1. The molecule has 248 valence electrons. The number of benzene rings is 1. The second kappa shape index (κ2) is 13.2. The summed E-state index contributed by atoms with van der Waals surface area (Å²) in [5.74, 6) is -6.23. The number of thiocarbonyl (C=S) groups is 1. The zero-order valence-electron chi connectivity index (χ0n) is 24.7. The summed E-state index contributed by atoms with van der Waals surface area (Å²) >= 11 is 7.20. The highest BCUT2D eigenvalue weighted by Crippen LogP contribution is 2.47. The molecule has 2 amide bonds. The molecule has 2 aliphatic rings. The van der Waals surface area contributed by atoms with E-state index in [1.54, 1.807) is 0 Å². The van der Waals surface area contributed by atoms with Gasteiger partial charge in [-0.25, -0.2) is 19.3 Å². The van der Waals surface area contributed by atoms with Crippen molar-refractivity contribution in [1.82, 2.24) is 35.4 Å². The van der Waals surface area contributed by atoms with Crippen molar-refractivity contribution in [3.63, 3.8) is 0 Å². The Morgan fingerprint density at radius 2 is 1.90 bits per heavy atom. The van der Waals surface area contributed by atoms with Gasteiger partial charge in [0.05, 0.1) is 5.56 Å². The van der Waals surface area contributed by atoms with Crippen molar-refractivity contribution in [3.8, 4) is 11.5 Å². The number of thiazole rings is 1. The minimum Gasteiger partial charge on any atom is -0.477 e. The van der Waals surface area contributed by atoms with Gasteiger partial charge in [-0.1, -0.05) is 17.4 Å². The first kappa shape index (κ1) is 33.7. The van der Waals surface area contributed by atoms with E-state index in [0.717, 1.165) is 53.3 Å². The van der Waals surface area contributed by atoms with E-state index in [2.05, 4.69) is 31.0 Å². The Labute approximate surface area is 282 Å². The zero-order chi connectivity index (χ0) is 34.9. The van der Waals surface area contributed by atoms with Crippen LogP contribution in [-0.4, -0.2) is 98.6 Å². The number of tetrazole rings is 1. The summed E-state index contributed by atoms with van der Waals surface area (Å²) in [6, 6.07) is 3.42. The van der Waals surface area contributed by atoms with E-state index >= 15 is 0 Å². The third-order valence-electron chi connectivity index (χ3n) is 6.59. The number of nitrogen functional groups attached to an aromatic ring is 1. The number of hydrogen-bond acceptors (Lipinski definition) is 18. The first-order valence-electron chi connectivity index (χ1n) is 13.2. The van der Waals surface area contributed by atoms with Crippen LogP contribution in [0.25, 0.3) is 5.57 Å². The van der Waals surface area contributed by atoms with Gasteiger partial charge in [-0.15, -0.1) is 28.2 Å². The van der Waals surface area contributed by atoms with Crippen molar-refractivity contribution < 1.29 is 48.2 Å². The molecular weight excluding hydrogens is 695 g/mol. The zero-order valence-corrected chi connectivity index (χ0v) is 27.2. The van der Waals surface area contributed by atoms with Crippen LogP contribution in [0.5, 0.6) is 11.5 Å². The number of oxime groups is 1. The van der Waals surface area contributed by atoms with Crippen LogP contribution in [-0.2, 0) is 35.9 Å². The number of carbonyl (C=O) groups is 6. The number of fused-ring (bicyclic) bond motifs is 1. The van der Waals surface area contributed by atoms with Crippen molar-refractivity contribution in [2.75, 3.05) is 11.5 Å². The average molecular weight is 716 g/mol. The third kappa shape index (κ3) is 6.22. The van der Waals surface area contributed by atoms with E-state index < -0.39 is 52.3 Å². The molecule has 0 saturated carbocycles. The van der Waals surface area contributed by atoms with Crippen LogP contribution in [0.1, 0.15) is 35.7 Å². The van der Waals surface area contributed by atoms with Gasteiger partial charge in [0.2, 0.25) is 0 Å². The maximum atomic E-state index is 13.7. The van der Waals surface area contributed by atoms with Crippen molar-refractivity contribution in [3.05, 3.63) is 46.4 Å². The second-order valence-corrected chi connectivity index (χ2v) is 12.0. The molecule has 48 heavy (non-hydrogen) atoms. The molecule has 2 atom stereocenters. The normalized spacial score (nSPS) is 18.7. The van der Waals surface area contributed by atoms with Gasteiger partial charge >= 0.3 is 23.9 Å². The Balaban J connectivity index is 1.43. The highest BCUT2D eigenvalue weighted by atomic mass is 32.2. The lowest BCUT2D eigenvalue weighted by Gasteiger charge is -2.55. The number of ether oxygens (including phenoxy) is 2. The number of aromatic nitrogens is 5. The van der Waals surface area contributed by atoms with Gasteiger partial charge in [-0.3, -0.25) is 24.1 Å². The molecule has 0 radical (unpaired) electrons. The predicted octanol–water partition coefficient (Wildman–Crippen LogP) is -0.0738. The smallest absolute Gasteiger partial charge is 0.365 e. The molecule has 1 fully saturated rings. The Morgan fingerprint density at radius 1 is 1.19 bits per heavy atom. The highest BCUT2D eigenvalue weighted by molar-refractivity contribution is 8.00. The molecule has 4 heterocycles. The molecule has 22 heteroatoms. The molecule has 0 spiro atoms. The van der Waals surface area contributed by atoms with Crippen LogP contribution in [0.4, 0.5) is 5.13 Å². The molecular formula is C26H21N9O10S3. The van der Waals surface area contributed by atoms with E-state index in [1.165, 1.54) is 29.2 Å². The first-order valence-corrected chi connectivity index (χ1v) is 15.6. The van der Waals surface area contributed by atoms with Gasteiger partial charge in [-0.2, -0.15) is 0 Å². The molecule has 0 bridgehead atoms. The molecule has 5 rings (SSSR count). The number of nitrogens with zero attached hydrogens (tertiary/aromatic N) is 7. The van der Waals surface area contributed by atoms with Crippen molar-refractivity contribution in [2.45, 2.75) is 24.8 Å². The molecule has 0 aliphatic carbocycles. The maximum Gasteiger partial charge on any atom is 0.365 e. The average Bonchev–Trinajstić information content (AvgIpc) is 3.66. The number of thioether (sulfide) groups is 1. The fourth-order valence-corrected chi connectivity index (χ4v) is 6.94. The topological polar surface area (TPSA) is 260 Å². The standard InChI is InChI=1S/C26H21N9O10S3/c1-10(36)43-15-5-4-12(6-16(15)44-11(2)37)22(41)45-31-17(14-8-48-25(27)28-14)20(38)29-26(9-46)23(42)35-18(21(39)40)13(7-47-24(26)35)19-30-32-33-34(19)3/h4-6,8-9,24H,7H2,1-3H3,(H2,27,28)(H,29,38)(H,39,40)/t24-,26?/m0/s1. The van der Waals surface area contributed by atoms with Crippen LogP contribution in [0.15, 0.2) is 34.4 Å². The lowest BCUT2D eigenvalue weighted by molar-refractivity contribution is -0.153. The van der Waals surface area contributed by atoms with Crippen LogP contribution < -0.4 is 20.5 Å². The molecule has 2 aliphatic heterocycles. The van der Waals surface area contributed by atoms with Gasteiger partial charge < -0.3 is 30.5 Å². The predicted molar refractivity (Wildman–Crippen MR) is 169 cm³/mol. The Bertz CT molecular complexity index is 1970. The number of β-lactam (4-membered cyclic amide) rings is 1. The number of anilines is 1. The van der Waals surface area contributed by atoms with E-state index in [9.17, 15) is 33.9 Å². The van der Waals surface area contributed by atoms with E-state index in [-0.39, 0.29) is 50.7 Å². The lowest BCUT2D eigenvalue weighted by atomic mass is 9.87. The number of aliphatic carboxylic acids is 1. The SMILES string of the molecule is CC(=O)Oc1ccc(C(=O)ON=C(C(=O)NC2(C=S)C(=O)N3C(C(=O)O)=C(c4nnnn4C)CS[C@H]32)c2csc(N)n2)cc1OC(C)=O. The number of rotatable bonds is 10. The van der Waals surface area contributed by atoms with Crippen molar-refractivity contribution in [2.24, 2.45) is 12.2 Å².